The quantitative estimate of drug-likeness (QED) is 0.351. The number of aromatic nitrogens is 1. The molecule has 0 saturated heterocycles. The third kappa shape index (κ3) is 4.19. The maximum atomic E-state index is 11.9. The first kappa shape index (κ1) is 23.8. The molecule has 3 fully saturated rings. The lowest BCUT2D eigenvalue weighted by molar-refractivity contribution is -0.156. The molecular formula is C28H27Cl2NO5. The highest BCUT2D eigenvalue weighted by molar-refractivity contribution is 6.39. The van der Waals surface area contributed by atoms with Crippen molar-refractivity contribution in [2.24, 2.45) is 5.41 Å². The number of aromatic carboxylic acids is 1. The number of carbonyl (C=O) groups is 1. The molecule has 1 heterocycles. The molecule has 36 heavy (non-hydrogen) atoms. The van der Waals surface area contributed by atoms with Gasteiger partial charge in [0.15, 0.2) is 0 Å². The zero-order chi connectivity index (χ0) is 25.1. The highest BCUT2D eigenvalue weighted by atomic mass is 35.5. The number of halogens is 2. The van der Waals surface area contributed by atoms with E-state index in [9.17, 15) is 15.0 Å². The van der Waals surface area contributed by atoms with Crippen LogP contribution in [0.3, 0.4) is 0 Å². The molecule has 188 valence electrons. The summed E-state index contributed by atoms with van der Waals surface area (Å²) in [5.74, 6) is 0.678. The lowest BCUT2D eigenvalue weighted by Crippen LogP contribution is -2.52. The van der Waals surface area contributed by atoms with Crippen LogP contribution in [0.15, 0.2) is 47.0 Å². The van der Waals surface area contributed by atoms with Crippen LogP contribution in [0.5, 0.6) is 5.75 Å². The molecule has 3 saturated carbocycles. The van der Waals surface area contributed by atoms with Gasteiger partial charge >= 0.3 is 5.97 Å². The number of ether oxygens (including phenoxy) is 1. The van der Waals surface area contributed by atoms with Gasteiger partial charge in [0.05, 0.1) is 32.9 Å². The minimum absolute atomic E-state index is 0.0310. The third-order valence-corrected chi connectivity index (χ3v) is 8.67. The molecule has 3 aliphatic rings. The van der Waals surface area contributed by atoms with Crippen LogP contribution < -0.4 is 4.74 Å². The van der Waals surface area contributed by atoms with E-state index in [1.165, 1.54) is 0 Å². The van der Waals surface area contributed by atoms with Crippen molar-refractivity contribution < 1.29 is 24.3 Å². The van der Waals surface area contributed by atoms with Gasteiger partial charge in [0.25, 0.3) is 0 Å². The van der Waals surface area contributed by atoms with Crippen molar-refractivity contribution in [1.29, 1.82) is 0 Å². The Hall–Kier alpha value is -2.54. The van der Waals surface area contributed by atoms with Gasteiger partial charge in [-0.05, 0) is 87.1 Å². The number of nitrogens with zero attached hydrogens (tertiary/aromatic N) is 1. The van der Waals surface area contributed by atoms with Gasteiger partial charge in [0.2, 0.25) is 0 Å². The van der Waals surface area contributed by atoms with Crippen molar-refractivity contribution in [2.75, 3.05) is 0 Å². The number of hydrogen-bond acceptors (Lipinski definition) is 5. The highest BCUT2D eigenvalue weighted by Gasteiger charge is 2.58. The van der Waals surface area contributed by atoms with Crippen molar-refractivity contribution in [1.82, 2.24) is 5.16 Å². The third-order valence-electron chi connectivity index (χ3n) is 8.04. The Morgan fingerprint density at radius 3 is 2.33 bits per heavy atom. The molecule has 6 rings (SSSR count). The van der Waals surface area contributed by atoms with Gasteiger partial charge in [-0.25, -0.2) is 4.79 Å². The summed E-state index contributed by atoms with van der Waals surface area (Å²) in [6, 6.07) is 12.0. The molecule has 1 spiro atoms. The summed E-state index contributed by atoms with van der Waals surface area (Å²) in [5.41, 5.74) is 1.16. The van der Waals surface area contributed by atoms with Crippen LogP contribution in [0.4, 0.5) is 0 Å². The minimum Gasteiger partial charge on any atom is -0.490 e. The fourth-order valence-corrected chi connectivity index (χ4v) is 6.78. The molecule has 0 atom stereocenters. The van der Waals surface area contributed by atoms with Crippen LogP contribution in [0, 0.1) is 5.41 Å². The first-order chi connectivity index (χ1) is 17.3. The van der Waals surface area contributed by atoms with Crippen molar-refractivity contribution in [3.05, 3.63) is 69.4 Å². The molecule has 8 heteroatoms. The van der Waals surface area contributed by atoms with Crippen LogP contribution in [0.25, 0.3) is 11.3 Å². The van der Waals surface area contributed by atoms with Crippen LogP contribution >= 0.6 is 23.2 Å². The molecule has 0 aliphatic heterocycles. The predicted molar refractivity (Wildman–Crippen MR) is 136 cm³/mol. The van der Waals surface area contributed by atoms with Gasteiger partial charge in [-0.1, -0.05) is 40.5 Å². The van der Waals surface area contributed by atoms with Gasteiger partial charge < -0.3 is 19.5 Å². The first-order valence-corrected chi connectivity index (χ1v) is 13.2. The zero-order valence-corrected chi connectivity index (χ0v) is 21.2. The van der Waals surface area contributed by atoms with Crippen LogP contribution in [0.1, 0.15) is 79.0 Å². The molecule has 0 amide bonds. The second-order valence-electron chi connectivity index (χ2n) is 10.7. The average molecular weight is 528 g/mol. The van der Waals surface area contributed by atoms with Crippen molar-refractivity contribution in [2.45, 2.75) is 69.0 Å². The van der Waals surface area contributed by atoms with Crippen molar-refractivity contribution in [3.8, 4) is 17.0 Å². The van der Waals surface area contributed by atoms with E-state index in [-0.39, 0.29) is 23.0 Å². The highest BCUT2D eigenvalue weighted by Crippen LogP contribution is 2.64. The molecule has 1 aromatic heterocycles. The van der Waals surface area contributed by atoms with Gasteiger partial charge in [-0.2, -0.15) is 0 Å². The molecule has 0 bridgehead atoms. The van der Waals surface area contributed by atoms with E-state index in [2.05, 4.69) is 5.16 Å². The monoisotopic (exact) mass is 527 g/mol. The molecule has 6 nitrogen and oxygen atoms in total. The smallest absolute Gasteiger partial charge is 0.335 e. The molecule has 0 unspecified atom stereocenters. The predicted octanol–water partition coefficient (Wildman–Crippen LogP) is 7.21. The fourth-order valence-electron chi connectivity index (χ4n) is 6.21. The van der Waals surface area contributed by atoms with Crippen LogP contribution in [0.2, 0.25) is 10.0 Å². The van der Waals surface area contributed by atoms with Crippen molar-refractivity contribution >= 4 is 29.2 Å². The Kier molecular flexibility index (Phi) is 5.82. The number of carboxylic acids is 1. The lowest BCUT2D eigenvalue weighted by atomic mass is 9.51. The van der Waals surface area contributed by atoms with E-state index >= 15 is 0 Å². The summed E-state index contributed by atoms with van der Waals surface area (Å²) >= 11 is 13.0. The largest absolute Gasteiger partial charge is 0.490 e. The number of hydrogen-bond donors (Lipinski definition) is 2. The Bertz CT molecular complexity index is 1290. The SMILES string of the molecule is O=C(O)c1cccc(OC2CCC3(CC2)CC(O)(c2c(-c4c(Cl)cccc4Cl)noc2C2CC2)C3)c1. The number of benzene rings is 2. The molecule has 3 aliphatic carbocycles. The summed E-state index contributed by atoms with van der Waals surface area (Å²) in [4.78, 5) is 11.3. The van der Waals surface area contributed by atoms with Gasteiger partial charge in [0.1, 0.15) is 17.2 Å². The molecule has 3 aromatic rings. The molecule has 2 aromatic carbocycles. The Morgan fingerprint density at radius 2 is 1.69 bits per heavy atom. The average Bonchev–Trinajstić information content (AvgIpc) is 3.58. The van der Waals surface area contributed by atoms with Gasteiger partial charge in [-0.3, -0.25) is 0 Å². The van der Waals surface area contributed by atoms with E-state index in [1.54, 1.807) is 42.5 Å². The summed E-state index contributed by atoms with van der Waals surface area (Å²) in [6.45, 7) is 0. The maximum Gasteiger partial charge on any atom is 0.335 e. The number of aliphatic hydroxyl groups is 1. The number of carboxylic acid groups (broad SMARTS) is 1. The minimum atomic E-state index is -1.03. The molecule has 0 radical (unpaired) electrons. The summed E-state index contributed by atoms with van der Waals surface area (Å²) in [7, 11) is 0. The Morgan fingerprint density at radius 1 is 1.03 bits per heavy atom. The normalized spacial score (nSPS) is 27.6. The van der Waals surface area contributed by atoms with E-state index in [4.69, 9.17) is 32.5 Å². The summed E-state index contributed by atoms with van der Waals surface area (Å²) in [6.07, 6.45) is 6.95. The second kappa shape index (κ2) is 8.79. The summed E-state index contributed by atoms with van der Waals surface area (Å²) in [5, 5.41) is 26.4. The van der Waals surface area contributed by atoms with Gasteiger partial charge in [-0.15, -0.1) is 0 Å². The van der Waals surface area contributed by atoms with Crippen LogP contribution in [-0.2, 0) is 5.60 Å². The maximum absolute atomic E-state index is 11.9. The summed E-state index contributed by atoms with van der Waals surface area (Å²) < 4.78 is 11.9. The lowest BCUT2D eigenvalue weighted by Gasteiger charge is -2.56. The van der Waals surface area contributed by atoms with E-state index in [0.717, 1.165) is 49.8 Å². The standard InChI is InChI=1S/C28H27Cl2NO5/c29-20-5-2-6-21(30)22(20)24-23(25(36-31-24)16-7-8-16)28(34)14-27(15-28)11-9-18(10-12-27)35-19-4-1-3-17(13-19)26(32)33/h1-6,13,16,18,34H,7-12,14-15H2,(H,32,33). The van der Waals surface area contributed by atoms with E-state index < -0.39 is 11.6 Å². The van der Waals surface area contributed by atoms with Gasteiger partial charge in [0, 0.05) is 11.5 Å². The van der Waals surface area contributed by atoms with Crippen LogP contribution in [-0.4, -0.2) is 27.4 Å². The Labute approximate surface area is 219 Å². The topological polar surface area (TPSA) is 92.8 Å². The zero-order valence-electron chi connectivity index (χ0n) is 19.7. The Balaban J connectivity index is 1.19. The first-order valence-electron chi connectivity index (χ1n) is 12.4. The second-order valence-corrected chi connectivity index (χ2v) is 11.5. The molecule has 2 N–H and O–H groups in total. The molecular weight excluding hydrogens is 501 g/mol. The van der Waals surface area contributed by atoms with E-state index in [0.29, 0.717) is 39.9 Å². The van der Waals surface area contributed by atoms with Crippen molar-refractivity contribution in [3.63, 3.8) is 0 Å². The fraction of sp³-hybridized carbons (Fsp3) is 0.429. The number of rotatable bonds is 6. The van der Waals surface area contributed by atoms with E-state index in [1.807, 2.05) is 0 Å².